The summed E-state index contributed by atoms with van der Waals surface area (Å²) in [4.78, 5) is 10.2. The van der Waals surface area contributed by atoms with Gasteiger partial charge in [0.1, 0.15) is 0 Å². The first-order valence-electron chi connectivity index (χ1n) is 7.12. The van der Waals surface area contributed by atoms with Gasteiger partial charge in [-0.1, -0.05) is 24.6 Å². The minimum absolute atomic E-state index is 0.331. The average molecular weight is 261 g/mol. The van der Waals surface area contributed by atoms with Gasteiger partial charge in [0.05, 0.1) is 5.56 Å². The third-order valence-electron chi connectivity index (χ3n) is 4.49. The van der Waals surface area contributed by atoms with Crippen LogP contribution in [-0.4, -0.2) is 17.1 Å². The third kappa shape index (κ3) is 3.57. The lowest BCUT2D eigenvalue weighted by Gasteiger charge is -2.24. The molecule has 4 unspecified atom stereocenters. The third-order valence-corrected chi connectivity index (χ3v) is 4.49. The van der Waals surface area contributed by atoms with E-state index in [1.54, 1.807) is 30.3 Å². The van der Waals surface area contributed by atoms with E-state index in [4.69, 9.17) is 10.8 Å². The van der Waals surface area contributed by atoms with Crippen LogP contribution >= 0.6 is 0 Å². The van der Waals surface area contributed by atoms with Crippen molar-refractivity contribution in [2.45, 2.75) is 38.6 Å². The van der Waals surface area contributed by atoms with E-state index in [2.05, 4.69) is 6.92 Å². The van der Waals surface area contributed by atoms with Crippen LogP contribution in [0.5, 0.6) is 0 Å². The van der Waals surface area contributed by atoms with E-state index < -0.39 is 5.97 Å². The fraction of sp³-hybridized carbons (Fsp3) is 0.562. The van der Waals surface area contributed by atoms with Gasteiger partial charge >= 0.3 is 5.97 Å². The SMILES string of the molecule is CC(N)C1CC2CCC1C2.O=C(O)c1ccccc1. The molecule has 2 fully saturated rings. The smallest absolute Gasteiger partial charge is 0.335 e. The number of carboxylic acid groups (broad SMARTS) is 1. The molecule has 0 heterocycles. The molecule has 104 valence electrons. The number of rotatable bonds is 2. The highest BCUT2D eigenvalue weighted by molar-refractivity contribution is 5.87. The van der Waals surface area contributed by atoms with Gasteiger partial charge in [0, 0.05) is 6.04 Å². The molecule has 1 aromatic rings. The lowest BCUT2D eigenvalue weighted by molar-refractivity contribution is 0.0697. The van der Waals surface area contributed by atoms with Gasteiger partial charge in [-0.3, -0.25) is 0 Å². The summed E-state index contributed by atoms with van der Waals surface area (Å²) in [6, 6.07) is 8.75. The number of carboxylic acids is 1. The summed E-state index contributed by atoms with van der Waals surface area (Å²) in [5.41, 5.74) is 6.22. The van der Waals surface area contributed by atoms with Crippen molar-refractivity contribution in [3.63, 3.8) is 0 Å². The summed E-state index contributed by atoms with van der Waals surface area (Å²) in [7, 11) is 0. The maximum absolute atomic E-state index is 10.2. The molecule has 2 saturated carbocycles. The zero-order valence-electron chi connectivity index (χ0n) is 11.5. The molecule has 0 aromatic heterocycles. The zero-order valence-corrected chi connectivity index (χ0v) is 11.5. The molecule has 3 rings (SSSR count). The fourth-order valence-electron chi connectivity index (χ4n) is 3.52. The topological polar surface area (TPSA) is 63.3 Å². The van der Waals surface area contributed by atoms with Gasteiger partial charge < -0.3 is 10.8 Å². The Morgan fingerprint density at radius 1 is 1.26 bits per heavy atom. The molecule has 3 nitrogen and oxygen atoms in total. The van der Waals surface area contributed by atoms with E-state index >= 15 is 0 Å². The van der Waals surface area contributed by atoms with Crippen LogP contribution in [0.3, 0.4) is 0 Å². The van der Waals surface area contributed by atoms with Crippen LogP contribution in [0.2, 0.25) is 0 Å². The molecule has 0 aliphatic heterocycles. The normalized spacial score (nSPS) is 29.5. The number of fused-ring (bicyclic) bond motifs is 2. The molecule has 2 aliphatic rings. The lowest BCUT2D eigenvalue weighted by atomic mass is 9.84. The molecule has 1 aromatic carbocycles. The number of carbonyl (C=O) groups is 1. The lowest BCUT2D eigenvalue weighted by Crippen LogP contribution is -2.30. The Bertz CT molecular complexity index is 416. The standard InChI is InChI=1S/C9H17N.C7H6O2/c1-6(10)9-5-7-2-3-8(9)4-7;8-7(9)6-4-2-1-3-5-6/h6-9H,2-5,10H2,1H3;1-5H,(H,8,9). The van der Waals surface area contributed by atoms with Gasteiger partial charge in [-0.05, 0) is 56.1 Å². The summed E-state index contributed by atoms with van der Waals surface area (Å²) in [5.74, 6) is 2.06. The van der Waals surface area contributed by atoms with Crippen molar-refractivity contribution < 1.29 is 9.90 Å². The molecular weight excluding hydrogens is 238 g/mol. The first kappa shape index (κ1) is 14.1. The molecule has 0 saturated heterocycles. The molecule has 2 bridgehead atoms. The van der Waals surface area contributed by atoms with E-state index in [1.807, 2.05) is 0 Å². The summed E-state index contributed by atoms with van der Waals surface area (Å²) < 4.78 is 0. The number of hydrogen-bond donors (Lipinski definition) is 2. The Morgan fingerprint density at radius 3 is 2.26 bits per heavy atom. The van der Waals surface area contributed by atoms with Crippen molar-refractivity contribution >= 4 is 5.97 Å². The van der Waals surface area contributed by atoms with Crippen molar-refractivity contribution in [1.82, 2.24) is 0 Å². The van der Waals surface area contributed by atoms with Gasteiger partial charge in [0.2, 0.25) is 0 Å². The fourth-order valence-corrected chi connectivity index (χ4v) is 3.52. The Hall–Kier alpha value is -1.35. The molecular formula is C16H23NO2. The minimum Gasteiger partial charge on any atom is -0.478 e. The first-order valence-corrected chi connectivity index (χ1v) is 7.12. The molecule has 19 heavy (non-hydrogen) atoms. The maximum atomic E-state index is 10.2. The molecule has 0 spiro atoms. The molecule has 3 heteroatoms. The Kier molecular flexibility index (Phi) is 4.59. The first-order chi connectivity index (χ1) is 9.08. The van der Waals surface area contributed by atoms with Crippen molar-refractivity contribution in [2.75, 3.05) is 0 Å². The highest BCUT2D eigenvalue weighted by atomic mass is 16.4. The Morgan fingerprint density at radius 2 is 1.95 bits per heavy atom. The minimum atomic E-state index is -0.879. The van der Waals surface area contributed by atoms with Crippen LogP contribution in [0.25, 0.3) is 0 Å². The van der Waals surface area contributed by atoms with E-state index in [0.29, 0.717) is 11.6 Å². The number of benzene rings is 1. The summed E-state index contributed by atoms with van der Waals surface area (Å²) in [6.45, 7) is 2.17. The highest BCUT2D eigenvalue weighted by Crippen LogP contribution is 2.49. The van der Waals surface area contributed by atoms with E-state index in [1.165, 1.54) is 25.7 Å². The number of hydrogen-bond acceptors (Lipinski definition) is 2. The molecule has 2 aliphatic carbocycles. The second-order valence-electron chi connectivity index (χ2n) is 5.87. The van der Waals surface area contributed by atoms with Gasteiger partial charge in [0.25, 0.3) is 0 Å². The predicted molar refractivity (Wildman–Crippen MR) is 76.0 cm³/mol. The monoisotopic (exact) mass is 261 g/mol. The van der Waals surface area contributed by atoms with Crippen LogP contribution in [0.15, 0.2) is 30.3 Å². The molecule has 3 N–H and O–H groups in total. The number of nitrogens with two attached hydrogens (primary N) is 1. The Labute approximate surface area is 114 Å². The largest absolute Gasteiger partial charge is 0.478 e. The van der Waals surface area contributed by atoms with Crippen LogP contribution in [0.4, 0.5) is 0 Å². The Balaban J connectivity index is 0.000000141. The predicted octanol–water partition coefficient (Wildman–Crippen LogP) is 3.15. The summed E-state index contributed by atoms with van der Waals surface area (Å²) in [6.07, 6.45) is 5.89. The zero-order chi connectivity index (χ0) is 13.8. The van der Waals surface area contributed by atoms with Crippen LogP contribution < -0.4 is 5.73 Å². The second-order valence-corrected chi connectivity index (χ2v) is 5.87. The van der Waals surface area contributed by atoms with E-state index in [-0.39, 0.29) is 0 Å². The van der Waals surface area contributed by atoms with Crippen molar-refractivity contribution in [1.29, 1.82) is 0 Å². The van der Waals surface area contributed by atoms with Crippen molar-refractivity contribution in [3.8, 4) is 0 Å². The van der Waals surface area contributed by atoms with Crippen molar-refractivity contribution in [2.24, 2.45) is 23.5 Å². The van der Waals surface area contributed by atoms with Crippen LogP contribution in [-0.2, 0) is 0 Å². The van der Waals surface area contributed by atoms with E-state index in [9.17, 15) is 4.79 Å². The van der Waals surface area contributed by atoms with Crippen LogP contribution in [0, 0.1) is 17.8 Å². The highest BCUT2D eigenvalue weighted by Gasteiger charge is 2.40. The maximum Gasteiger partial charge on any atom is 0.335 e. The molecule has 0 radical (unpaired) electrons. The number of aromatic carboxylic acids is 1. The van der Waals surface area contributed by atoms with Crippen LogP contribution in [0.1, 0.15) is 43.0 Å². The summed E-state index contributed by atoms with van der Waals surface area (Å²) >= 11 is 0. The van der Waals surface area contributed by atoms with Gasteiger partial charge in [-0.25, -0.2) is 4.79 Å². The van der Waals surface area contributed by atoms with Gasteiger partial charge in [-0.2, -0.15) is 0 Å². The summed E-state index contributed by atoms with van der Waals surface area (Å²) in [5, 5.41) is 8.38. The average Bonchev–Trinajstić information content (AvgIpc) is 3.03. The quantitative estimate of drug-likeness (QED) is 0.859. The van der Waals surface area contributed by atoms with Gasteiger partial charge in [-0.15, -0.1) is 0 Å². The molecule has 0 amide bonds. The van der Waals surface area contributed by atoms with Gasteiger partial charge in [0.15, 0.2) is 0 Å². The molecule has 4 atom stereocenters. The van der Waals surface area contributed by atoms with Crippen molar-refractivity contribution in [3.05, 3.63) is 35.9 Å². The van der Waals surface area contributed by atoms with E-state index in [0.717, 1.165) is 17.8 Å². The second kappa shape index (κ2) is 6.20.